The molecule has 19 heteroatoms. The molecule has 0 saturated carbocycles. The molecule has 10 nitrogen and oxygen atoms in total. The van der Waals surface area contributed by atoms with Gasteiger partial charge in [-0.3, -0.25) is 28.8 Å². The highest BCUT2D eigenvalue weighted by atomic mass is 35.5. The van der Waals surface area contributed by atoms with Gasteiger partial charge in [0.05, 0.1) is 58.7 Å². The van der Waals surface area contributed by atoms with E-state index in [2.05, 4.69) is 108 Å². The summed E-state index contributed by atoms with van der Waals surface area (Å²) in [5.41, 5.74) is 7.65. The number of halogens is 3. The summed E-state index contributed by atoms with van der Waals surface area (Å²) in [4.78, 5) is 74.6. The summed E-state index contributed by atoms with van der Waals surface area (Å²) in [6.07, 6.45) is 1.81. The maximum atomic E-state index is 12.5. The molecule has 0 amide bonds. The van der Waals surface area contributed by atoms with Gasteiger partial charge in [0.15, 0.2) is 32.6 Å². The van der Waals surface area contributed by atoms with Crippen molar-refractivity contribution in [2.45, 2.75) is 93.9 Å². The fraction of sp³-hybridized carbons (Fsp3) is 0.145. The molecule has 24 aromatic rings. The van der Waals surface area contributed by atoms with Crippen LogP contribution >= 0.6 is 103 Å². The van der Waals surface area contributed by atoms with Crippen LogP contribution in [0.2, 0.25) is 15.1 Å². The normalized spacial score (nSPS) is 11.2. The predicted octanol–water partition coefficient (Wildman–Crippen LogP) is 35.2. The number of benzene rings is 18. The van der Waals surface area contributed by atoms with Crippen LogP contribution in [0.5, 0.6) is 23.0 Å². The van der Waals surface area contributed by atoms with Crippen LogP contribution in [0.25, 0.3) is 164 Å². The van der Waals surface area contributed by atoms with Crippen molar-refractivity contribution >= 4 is 267 Å². The molecule has 0 radical (unpaired) electrons. The van der Waals surface area contributed by atoms with E-state index in [1.165, 1.54) is 22.3 Å². The first-order chi connectivity index (χ1) is 69.4. The number of fused-ring (bicyclic) bond motifs is 16. The zero-order valence-corrected chi connectivity index (χ0v) is 88.1. The zero-order chi connectivity index (χ0) is 100. The zero-order valence-electron chi connectivity index (χ0n) is 80.9. The van der Waals surface area contributed by atoms with E-state index in [4.69, 9.17) is 53.8 Å². The third-order valence-electron chi connectivity index (χ3n) is 25.1. The summed E-state index contributed by atoms with van der Waals surface area (Å²) < 4.78 is 35.5. The fourth-order valence-electron chi connectivity index (χ4n) is 17.9. The van der Waals surface area contributed by atoms with Gasteiger partial charge in [0, 0.05) is 148 Å². The quantitative estimate of drug-likeness (QED) is 0.122. The van der Waals surface area contributed by atoms with Gasteiger partial charge in [-0.15, -0.1) is 68.0 Å². The highest BCUT2D eigenvalue weighted by Crippen LogP contribution is 2.46. The van der Waals surface area contributed by atoms with Gasteiger partial charge in [-0.05, 0) is 202 Å². The lowest BCUT2D eigenvalue weighted by atomic mass is 10.0. The Kier molecular flexibility index (Phi) is 32.0. The van der Waals surface area contributed by atoms with Crippen molar-refractivity contribution in [2.24, 2.45) is 0 Å². The first-order valence-corrected chi connectivity index (χ1v) is 53.4. The van der Waals surface area contributed by atoms with Crippen LogP contribution in [0, 0.1) is 13.8 Å². The summed E-state index contributed by atoms with van der Waals surface area (Å²) in [5, 5.41) is 19.7. The molecule has 0 N–H and O–H groups in total. The minimum Gasteiger partial charge on any atom is -0.495 e. The molecule has 0 bridgehead atoms. The van der Waals surface area contributed by atoms with Crippen molar-refractivity contribution < 1.29 is 18.9 Å². The summed E-state index contributed by atoms with van der Waals surface area (Å²) in [5.74, 6) is 4.59. The predicted molar refractivity (Wildman–Crippen MR) is 623 cm³/mol. The average Bonchev–Trinajstić information content (AvgIpc) is 0.756. The smallest absolute Gasteiger partial charge is 0.197 e. The van der Waals surface area contributed by atoms with E-state index in [1.807, 2.05) is 289 Å². The van der Waals surface area contributed by atoms with Gasteiger partial charge < -0.3 is 18.9 Å². The summed E-state index contributed by atoms with van der Waals surface area (Å²) in [7, 11) is 3.42. The lowest BCUT2D eigenvalue weighted by Gasteiger charge is -2.16. The third-order valence-corrected chi connectivity index (χ3v) is 33.3. The standard InChI is InChI=1S/C18H18O2.C16H14O2.2C16H14OS.2C15H11ClOS.C14H9ClOS.C14H10OS/c1-3-19-17-13-9-5-7-11-15(13)18(20-4-2)16-12-8-6-10-14(16)17;1-17-15-11-7-3-5-9-13(11)16(18-2)14-10-6-4-8-12(14)15;1-10(2)11-7-5-8-13-15(17)12-6-3-4-9-14(12)18-16(11)13;1-10(2)11-7-8-15-13(9-11)16(17)12-5-3-4-6-14(12)18-15;2*1-2-9-7-8-11(16)13-14(17)10-5-3-4-6-12(10)18-15(9)13;1-8-6-7-10(15)12-13(16)9-4-2-3-5-11(9)17-14(8)12;1-9-6-7-13-11(8-9)14(15)10-4-2-3-5-12(10)16-13/h5-12H,3-4H2,1-2H3;3*3-10H,1-2H3;2*3-8H,2H2,1H3;2-7H,1H3;2-8H,1H3. The van der Waals surface area contributed by atoms with E-state index in [-0.39, 0.29) is 32.6 Å². The minimum absolute atomic E-state index is 0.0306. The SMILES string of the molecule is CC(C)c1ccc2sc3ccccc3c(=O)c2c1.CC(C)c1cccc2c(=O)c3ccccc3sc12.CCOc1c2ccccc2c(OCC)c2ccccc12.CCc1ccc(Cl)c2c(=O)c3ccccc3sc12.CCc1ccc(Cl)c2c(=O)c3ccccc3sc12.COc1c2ccccc2c(OC)c2ccccc12.Cc1ccc(Cl)c2c(=O)c3ccccc3sc12.Cc1ccc2sc3ccccc3c(=O)c2c1. The van der Waals surface area contributed by atoms with Crippen LogP contribution in [-0.4, -0.2) is 27.4 Å². The van der Waals surface area contributed by atoms with E-state index < -0.39 is 0 Å². The molecule has 0 aliphatic rings. The molecule has 0 atom stereocenters. The second kappa shape index (κ2) is 45.3. The maximum absolute atomic E-state index is 12.5. The monoisotopic (exact) mass is 2050 g/mol. The number of ether oxygens (including phenoxy) is 4. The van der Waals surface area contributed by atoms with Crippen LogP contribution in [-0.2, 0) is 12.8 Å². The Bertz CT molecular complexity index is 9000. The Balaban J connectivity index is 0.000000112. The molecule has 143 heavy (non-hydrogen) atoms. The van der Waals surface area contributed by atoms with Gasteiger partial charge in [-0.25, -0.2) is 0 Å². The van der Waals surface area contributed by atoms with Gasteiger partial charge in [0.2, 0.25) is 0 Å². The van der Waals surface area contributed by atoms with Gasteiger partial charge in [0.1, 0.15) is 23.0 Å². The Hall–Kier alpha value is -13.6. The number of methoxy groups -OCH3 is 2. The minimum atomic E-state index is 0.0306. The summed E-state index contributed by atoms with van der Waals surface area (Å²) in [6, 6.07) is 109. The van der Waals surface area contributed by atoms with Crippen molar-refractivity contribution in [3.8, 4) is 23.0 Å². The fourth-order valence-corrected chi connectivity index (χ4v) is 26.0. The maximum Gasteiger partial charge on any atom is 0.197 e. The molecule has 0 unspecified atom stereocenters. The Morgan fingerprint density at radius 3 is 0.874 bits per heavy atom. The Labute approximate surface area is 866 Å². The largest absolute Gasteiger partial charge is 0.495 e. The lowest BCUT2D eigenvalue weighted by Crippen LogP contribution is -2.02. The summed E-state index contributed by atoms with van der Waals surface area (Å²) in [6.45, 7) is 22.2. The molecule has 6 heterocycles. The number of aryl methyl sites for hydroxylation is 4. The highest BCUT2D eigenvalue weighted by Gasteiger charge is 2.21. The van der Waals surface area contributed by atoms with Crippen LogP contribution < -0.4 is 51.5 Å². The first kappa shape index (κ1) is 101. The van der Waals surface area contributed by atoms with Gasteiger partial charge >= 0.3 is 0 Å². The van der Waals surface area contributed by atoms with E-state index in [0.717, 1.165) is 195 Å². The molecule has 714 valence electrons. The number of hydrogen-bond donors (Lipinski definition) is 0. The van der Waals surface area contributed by atoms with Crippen molar-refractivity contribution in [2.75, 3.05) is 27.4 Å². The topological polar surface area (TPSA) is 139 Å². The van der Waals surface area contributed by atoms with Gasteiger partial charge in [0.25, 0.3) is 0 Å². The second-order valence-corrected chi connectivity index (χ2v) is 42.3. The van der Waals surface area contributed by atoms with Crippen LogP contribution in [0.15, 0.2) is 362 Å². The van der Waals surface area contributed by atoms with Gasteiger partial charge in [-0.1, -0.05) is 294 Å². The van der Waals surface area contributed by atoms with E-state index in [9.17, 15) is 28.8 Å². The third kappa shape index (κ3) is 20.9. The molecule has 0 aliphatic heterocycles. The van der Waals surface area contributed by atoms with Crippen LogP contribution in [0.4, 0.5) is 0 Å². The van der Waals surface area contributed by atoms with E-state index in [0.29, 0.717) is 56.3 Å². The van der Waals surface area contributed by atoms with Gasteiger partial charge in [-0.2, -0.15) is 0 Å². The average molecular weight is 2050 g/mol. The molecule has 6 aromatic heterocycles. The number of hydrogen-bond acceptors (Lipinski definition) is 16. The van der Waals surface area contributed by atoms with Crippen LogP contribution in [0.1, 0.15) is 101 Å². The summed E-state index contributed by atoms with van der Waals surface area (Å²) >= 11 is 28.5. The molecular formula is C124H101Cl3O10S6. The van der Waals surface area contributed by atoms with E-state index in [1.54, 1.807) is 88.3 Å². The molecule has 0 fully saturated rings. The van der Waals surface area contributed by atoms with E-state index >= 15 is 0 Å². The molecule has 0 saturated heterocycles. The number of rotatable bonds is 10. The molecule has 0 spiro atoms. The van der Waals surface area contributed by atoms with Crippen molar-refractivity contribution in [1.82, 2.24) is 0 Å². The van der Waals surface area contributed by atoms with Crippen molar-refractivity contribution in [1.29, 1.82) is 0 Å². The molecule has 24 rings (SSSR count). The van der Waals surface area contributed by atoms with Crippen molar-refractivity contribution in [3.63, 3.8) is 0 Å². The Morgan fingerprint density at radius 1 is 0.252 bits per heavy atom. The van der Waals surface area contributed by atoms with Crippen LogP contribution in [0.3, 0.4) is 0 Å². The van der Waals surface area contributed by atoms with Crippen molar-refractivity contribution in [3.05, 3.63) is 443 Å². The molecule has 0 aliphatic carbocycles. The first-order valence-electron chi connectivity index (χ1n) is 47.3. The molecule has 18 aromatic carbocycles. The second-order valence-electron chi connectivity index (χ2n) is 34.7. The lowest BCUT2D eigenvalue weighted by molar-refractivity contribution is 0.342. The Morgan fingerprint density at radius 2 is 0.531 bits per heavy atom. The molecular weight excluding hydrogens is 1950 g/mol. The highest BCUT2D eigenvalue weighted by molar-refractivity contribution is 7.26.